The SMILES string of the molecule is CNc1ccccc1C(=O)NCCCCNc1nc2c(N)ncnc2n1[C@@H]1O[C@H](CO)[C@@H](O)[C@H]1O. The van der Waals surface area contributed by atoms with Gasteiger partial charge in [0.05, 0.1) is 12.2 Å². The zero-order chi connectivity index (χ0) is 24.9. The smallest absolute Gasteiger partial charge is 0.253 e. The van der Waals surface area contributed by atoms with Crippen LogP contribution >= 0.6 is 0 Å². The van der Waals surface area contributed by atoms with Crippen molar-refractivity contribution in [3.8, 4) is 0 Å². The molecule has 1 aromatic carbocycles. The first-order chi connectivity index (χ1) is 17.0. The van der Waals surface area contributed by atoms with Crippen molar-refractivity contribution in [3.63, 3.8) is 0 Å². The van der Waals surface area contributed by atoms with Gasteiger partial charge in [-0.2, -0.15) is 0 Å². The lowest BCUT2D eigenvalue weighted by Crippen LogP contribution is -2.33. The Kier molecular flexibility index (Phi) is 7.60. The van der Waals surface area contributed by atoms with Crippen molar-refractivity contribution < 1.29 is 24.9 Å². The van der Waals surface area contributed by atoms with Crippen LogP contribution in [0.3, 0.4) is 0 Å². The van der Waals surface area contributed by atoms with Crippen LogP contribution in [0.1, 0.15) is 29.4 Å². The van der Waals surface area contributed by atoms with E-state index in [1.54, 1.807) is 13.1 Å². The number of aliphatic hydroxyl groups excluding tert-OH is 3. The molecule has 1 saturated heterocycles. The van der Waals surface area contributed by atoms with Crippen molar-refractivity contribution in [1.82, 2.24) is 24.8 Å². The molecule has 13 heteroatoms. The molecule has 4 rings (SSSR count). The van der Waals surface area contributed by atoms with Crippen LogP contribution in [0.4, 0.5) is 17.5 Å². The Morgan fingerprint density at radius 1 is 1.17 bits per heavy atom. The number of nitrogens with two attached hydrogens (primary N) is 1. The summed E-state index contributed by atoms with van der Waals surface area (Å²) in [5, 5.41) is 39.3. The van der Waals surface area contributed by atoms with Gasteiger partial charge in [-0.3, -0.25) is 9.36 Å². The molecule has 2 aromatic heterocycles. The van der Waals surface area contributed by atoms with Crippen LogP contribution in [0.2, 0.25) is 0 Å². The number of fused-ring (bicyclic) bond motifs is 1. The van der Waals surface area contributed by atoms with Gasteiger partial charge in [0.1, 0.15) is 24.6 Å². The van der Waals surface area contributed by atoms with Crippen LogP contribution in [0, 0.1) is 0 Å². The van der Waals surface area contributed by atoms with E-state index in [9.17, 15) is 20.1 Å². The highest BCUT2D eigenvalue weighted by Gasteiger charge is 2.45. The number of aromatic nitrogens is 4. The van der Waals surface area contributed by atoms with Crippen molar-refractivity contribution in [2.75, 3.05) is 43.1 Å². The number of hydrogen-bond donors (Lipinski definition) is 7. The highest BCUT2D eigenvalue weighted by Crippen LogP contribution is 2.35. The minimum Gasteiger partial charge on any atom is -0.394 e. The molecule has 1 aliphatic rings. The zero-order valence-electron chi connectivity index (χ0n) is 19.3. The van der Waals surface area contributed by atoms with E-state index in [1.807, 2.05) is 18.2 Å². The quantitative estimate of drug-likeness (QED) is 0.186. The monoisotopic (exact) mass is 486 g/mol. The number of unbranched alkanes of at least 4 members (excludes halogenated alkanes) is 1. The van der Waals surface area contributed by atoms with Crippen molar-refractivity contribution in [1.29, 1.82) is 0 Å². The van der Waals surface area contributed by atoms with E-state index in [2.05, 4.69) is 30.9 Å². The molecule has 0 bridgehead atoms. The van der Waals surface area contributed by atoms with E-state index >= 15 is 0 Å². The summed E-state index contributed by atoms with van der Waals surface area (Å²) in [7, 11) is 1.77. The number of benzene rings is 1. The Morgan fingerprint density at radius 2 is 1.94 bits per heavy atom. The Balaban J connectivity index is 1.38. The predicted molar refractivity (Wildman–Crippen MR) is 129 cm³/mol. The number of aliphatic hydroxyl groups is 3. The second-order valence-electron chi connectivity index (χ2n) is 8.15. The number of para-hydroxylation sites is 1. The normalized spacial score (nSPS) is 21.8. The fraction of sp³-hybridized carbons (Fsp3) is 0.455. The first-order valence-corrected chi connectivity index (χ1v) is 11.4. The third-order valence-electron chi connectivity index (χ3n) is 5.89. The van der Waals surface area contributed by atoms with E-state index < -0.39 is 31.1 Å². The molecular formula is C22H30N8O5. The molecule has 0 spiro atoms. The van der Waals surface area contributed by atoms with Gasteiger partial charge in [0.15, 0.2) is 23.2 Å². The van der Waals surface area contributed by atoms with Crippen molar-refractivity contribution in [2.45, 2.75) is 37.4 Å². The molecular weight excluding hydrogens is 456 g/mol. The number of rotatable bonds is 10. The van der Waals surface area contributed by atoms with Gasteiger partial charge in [-0.05, 0) is 25.0 Å². The minimum absolute atomic E-state index is 0.150. The van der Waals surface area contributed by atoms with Gasteiger partial charge in [0.25, 0.3) is 5.91 Å². The van der Waals surface area contributed by atoms with Crippen LogP contribution in [0.25, 0.3) is 11.2 Å². The topological polar surface area (TPSA) is 193 Å². The average molecular weight is 487 g/mol. The Labute approximate surface area is 201 Å². The molecule has 35 heavy (non-hydrogen) atoms. The van der Waals surface area contributed by atoms with Gasteiger partial charge in [-0.1, -0.05) is 12.1 Å². The summed E-state index contributed by atoms with van der Waals surface area (Å²) < 4.78 is 7.19. The molecule has 3 aromatic rings. The number of carbonyl (C=O) groups excluding carboxylic acids is 1. The molecule has 1 fully saturated rings. The molecule has 8 N–H and O–H groups in total. The molecule has 13 nitrogen and oxygen atoms in total. The van der Waals surface area contributed by atoms with Crippen LogP contribution in [0.15, 0.2) is 30.6 Å². The van der Waals surface area contributed by atoms with Gasteiger partial charge in [0.2, 0.25) is 5.95 Å². The molecule has 0 saturated carbocycles. The first kappa shape index (κ1) is 24.6. The molecule has 1 aliphatic heterocycles. The summed E-state index contributed by atoms with van der Waals surface area (Å²) in [5.41, 5.74) is 7.94. The van der Waals surface area contributed by atoms with E-state index in [0.717, 1.165) is 5.69 Å². The molecule has 4 atom stereocenters. The third-order valence-corrected chi connectivity index (χ3v) is 5.89. The number of ether oxygens (including phenoxy) is 1. The van der Waals surface area contributed by atoms with Crippen LogP contribution in [0.5, 0.6) is 0 Å². The second kappa shape index (κ2) is 10.8. The summed E-state index contributed by atoms with van der Waals surface area (Å²) in [5.74, 6) is 0.338. The number of imidazole rings is 1. The number of anilines is 3. The molecule has 1 amide bonds. The standard InChI is InChI=1S/C22H30N8O5/c1-24-13-7-3-2-6-12(13)20(34)25-8-4-5-9-26-22-29-15-18(23)27-11-28-19(15)30(22)21-17(33)16(32)14(10-31)35-21/h2-3,6-7,11,14,16-17,21,24,31-33H,4-5,8-10H2,1H3,(H,25,34)(H,26,29)(H2,23,27,28)/t14-,16-,17-,21-/m1/s1. The average Bonchev–Trinajstić information content (AvgIpc) is 3.38. The summed E-state index contributed by atoms with van der Waals surface area (Å²) in [4.78, 5) is 25.1. The van der Waals surface area contributed by atoms with Crippen LogP contribution in [-0.2, 0) is 4.74 Å². The predicted octanol–water partition coefficient (Wildman–Crippen LogP) is -0.316. The molecule has 0 aliphatic carbocycles. The van der Waals surface area contributed by atoms with E-state index in [4.69, 9.17) is 10.5 Å². The van der Waals surface area contributed by atoms with Gasteiger partial charge in [0, 0.05) is 25.8 Å². The number of hydrogen-bond acceptors (Lipinski definition) is 11. The van der Waals surface area contributed by atoms with Gasteiger partial charge in [-0.25, -0.2) is 15.0 Å². The van der Waals surface area contributed by atoms with Gasteiger partial charge in [-0.15, -0.1) is 0 Å². The van der Waals surface area contributed by atoms with Crippen molar-refractivity contribution >= 4 is 34.5 Å². The number of nitrogens with one attached hydrogen (secondary N) is 3. The first-order valence-electron chi connectivity index (χ1n) is 11.4. The maximum Gasteiger partial charge on any atom is 0.253 e. The number of nitrogen functional groups attached to an aromatic ring is 1. The maximum absolute atomic E-state index is 12.4. The van der Waals surface area contributed by atoms with E-state index in [0.29, 0.717) is 48.6 Å². The van der Waals surface area contributed by atoms with Gasteiger partial charge < -0.3 is 41.7 Å². The molecule has 0 unspecified atom stereocenters. The Hall–Kier alpha value is -3.52. The molecule has 0 radical (unpaired) electrons. The molecule has 188 valence electrons. The fourth-order valence-corrected chi connectivity index (χ4v) is 4.03. The van der Waals surface area contributed by atoms with Gasteiger partial charge >= 0.3 is 0 Å². The lowest BCUT2D eigenvalue weighted by molar-refractivity contribution is -0.0501. The largest absolute Gasteiger partial charge is 0.394 e. The summed E-state index contributed by atoms with van der Waals surface area (Å²) in [6.45, 7) is 0.530. The highest BCUT2D eigenvalue weighted by molar-refractivity contribution is 5.99. The fourth-order valence-electron chi connectivity index (χ4n) is 4.03. The summed E-state index contributed by atoms with van der Waals surface area (Å²) >= 11 is 0. The lowest BCUT2D eigenvalue weighted by Gasteiger charge is -2.19. The van der Waals surface area contributed by atoms with Crippen LogP contribution in [-0.4, -0.2) is 85.8 Å². The third kappa shape index (κ3) is 4.98. The number of nitrogens with zero attached hydrogens (tertiary/aromatic N) is 4. The van der Waals surface area contributed by atoms with Crippen LogP contribution < -0.4 is 21.7 Å². The minimum atomic E-state index is -1.31. The second-order valence-corrected chi connectivity index (χ2v) is 8.15. The zero-order valence-corrected chi connectivity index (χ0v) is 19.3. The van der Waals surface area contributed by atoms with Crippen molar-refractivity contribution in [2.24, 2.45) is 0 Å². The lowest BCUT2D eigenvalue weighted by atomic mass is 10.1. The van der Waals surface area contributed by atoms with Crippen molar-refractivity contribution in [3.05, 3.63) is 36.2 Å². The van der Waals surface area contributed by atoms with E-state index in [1.165, 1.54) is 10.9 Å². The molecule has 3 heterocycles. The summed E-state index contributed by atoms with van der Waals surface area (Å²) in [6.07, 6.45) is -1.88. The highest BCUT2D eigenvalue weighted by atomic mass is 16.6. The Morgan fingerprint density at radius 3 is 2.69 bits per heavy atom. The number of carbonyl (C=O) groups is 1. The maximum atomic E-state index is 12.4. The summed E-state index contributed by atoms with van der Waals surface area (Å²) in [6, 6.07) is 7.28. The number of amides is 1. The Bertz CT molecular complexity index is 1170. The van der Waals surface area contributed by atoms with E-state index in [-0.39, 0.29) is 11.7 Å².